The molecule has 0 aliphatic heterocycles. The first-order valence-corrected chi connectivity index (χ1v) is 8.42. The summed E-state index contributed by atoms with van der Waals surface area (Å²) in [5, 5.41) is 12.6. The molecular formula is C16H20BrNOS. The predicted molar refractivity (Wildman–Crippen MR) is 89.3 cm³/mol. The molecule has 1 aromatic heterocycles. The highest BCUT2D eigenvalue weighted by Crippen LogP contribution is 2.37. The Hall–Kier alpha value is -0.680. The van der Waals surface area contributed by atoms with E-state index in [0.717, 1.165) is 14.9 Å². The fourth-order valence-electron chi connectivity index (χ4n) is 2.27. The third-order valence-electron chi connectivity index (χ3n) is 3.58. The number of hydrogen-bond acceptors (Lipinski definition) is 3. The Morgan fingerprint density at radius 3 is 2.20 bits per heavy atom. The summed E-state index contributed by atoms with van der Waals surface area (Å²) in [4.78, 5) is 0.938. The number of benzene rings is 1. The van der Waals surface area contributed by atoms with Gasteiger partial charge < -0.3 is 10.8 Å². The minimum atomic E-state index is -0.570. The van der Waals surface area contributed by atoms with Crippen LogP contribution in [0.1, 0.15) is 47.8 Å². The van der Waals surface area contributed by atoms with Crippen LogP contribution in [0.25, 0.3) is 0 Å². The molecule has 0 fully saturated rings. The van der Waals surface area contributed by atoms with Crippen LogP contribution in [-0.2, 0) is 0 Å². The standard InChI is InChI=1S/C16H20BrNOS/c1-10(2)11-3-5-12(6-4-11)13(9-18)15(19)16-14(17)7-8-20-16/h3-8,10,13,15,19H,9,18H2,1-2H3. The molecule has 2 atom stereocenters. The second kappa shape index (κ2) is 6.85. The molecule has 1 heterocycles. The second-order valence-corrected chi connectivity index (χ2v) is 7.04. The van der Waals surface area contributed by atoms with E-state index in [1.807, 2.05) is 11.4 Å². The predicted octanol–water partition coefficient (Wildman–Crippen LogP) is 4.41. The Labute approximate surface area is 132 Å². The van der Waals surface area contributed by atoms with Crippen molar-refractivity contribution in [2.75, 3.05) is 6.54 Å². The van der Waals surface area contributed by atoms with Crippen molar-refractivity contribution in [3.63, 3.8) is 0 Å². The van der Waals surface area contributed by atoms with E-state index in [-0.39, 0.29) is 5.92 Å². The number of rotatable bonds is 5. The molecule has 0 radical (unpaired) electrons. The van der Waals surface area contributed by atoms with E-state index in [9.17, 15) is 5.11 Å². The van der Waals surface area contributed by atoms with Crippen LogP contribution in [0.5, 0.6) is 0 Å². The summed E-state index contributed by atoms with van der Waals surface area (Å²) in [6.07, 6.45) is -0.570. The van der Waals surface area contributed by atoms with Gasteiger partial charge >= 0.3 is 0 Å². The fourth-order valence-corrected chi connectivity index (χ4v) is 3.93. The zero-order valence-corrected chi connectivity index (χ0v) is 14.1. The molecule has 0 aliphatic rings. The SMILES string of the molecule is CC(C)c1ccc(C(CN)C(O)c2sccc2Br)cc1. The quantitative estimate of drug-likeness (QED) is 0.835. The summed E-state index contributed by atoms with van der Waals surface area (Å²) in [5.74, 6) is 0.433. The number of aliphatic hydroxyl groups is 1. The van der Waals surface area contributed by atoms with Crippen molar-refractivity contribution in [1.29, 1.82) is 0 Å². The van der Waals surface area contributed by atoms with E-state index in [4.69, 9.17) is 5.73 Å². The summed E-state index contributed by atoms with van der Waals surface area (Å²) in [7, 11) is 0. The van der Waals surface area contributed by atoms with Crippen LogP contribution in [0.4, 0.5) is 0 Å². The summed E-state index contributed by atoms with van der Waals surface area (Å²) in [6, 6.07) is 10.4. The highest BCUT2D eigenvalue weighted by molar-refractivity contribution is 9.10. The van der Waals surface area contributed by atoms with Crippen LogP contribution >= 0.6 is 27.3 Å². The number of hydrogen-bond donors (Lipinski definition) is 2. The van der Waals surface area contributed by atoms with Crippen LogP contribution < -0.4 is 5.73 Å². The minimum Gasteiger partial charge on any atom is -0.387 e. The molecule has 3 N–H and O–H groups in total. The maximum Gasteiger partial charge on any atom is 0.0973 e. The molecule has 0 spiro atoms. The lowest BCUT2D eigenvalue weighted by Gasteiger charge is -2.22. The van der Waals surface area contributed by atoms with E-state index >= 15 is 0 Å². The maximum absolute atomic E-state index is 10.6. The Kier molecular flexibility index (Phi) is 5.38. The van der Waals surface area contributed by atoms with Gasteiger partial charge in [0.25, 0.3) is 0 Å². The summed E-state index contributed by atoms with van der Waals surface area (Å²) in [6.45, 7) is 4.77. The number of thiophene rings is 1. The van der Waals surface area contributed by atoms with Gasteiger partial charge in [-0.2, -0.15) is 0 Å². The van der Waals surface area contributed by atoms with Gasteiger partial charge in [0.1, 0.15) is 0 Å². The van der Waals surface area contributed by atoms with Gasteiger partial charge in [0.2, 0.25) is 0 Å². The summed E-state index contributed by atoms with van der Waals surface area (Å²) >= 11 is 5.03. The van der Waals surface area contributed by atoms with Gasteiger partial charge in [0.05, 0.1) is 6.10 Å². The van der Waals surface area contributed by atoms with Crippen molar-refractivity contribution in [3.05, 3.63) is 56.2 Å². The van der Waals surface area contributed by atoms with Crippen molar-refractivity contribution in [2.45, 2.75) is 31.8 Å². The smallest absolute Gasteiger partial charge is 0.0973 e. The number of aliphatic hydroxyl groups excluding tert-OH is 1. The van der Waals surface area contributed by atoms with Gasteiger partial charge in [0, 0.05) is 21.8 Å². The maximum atomic E-state index is 10.6. The molecular weight excluding hydrogens is 334 g/mol. The van der Waals surface area contributed by atoms with Gasteiger partial charge in [-0.05, 0) is 44.4 Å². The van der Waals surface area contributed by atoms with Crippen LogP contribution in [0.3, 0.4) is 0 Å². The summed E-state index contributed by atoms with van der Waals surface area (Å²) in [5.41, 5.74) is 8.28. The molecule has 0 aliphatic carbocycles. The molecule has 2 rings (SSSR count). The summed E-state index contributed by atoms with van der Waals surface area (Å²) < 4.78 is 0.951. The molecule has 4 heteroatoms. The molecule has 0 amide bonds. The van der Waals surface area contributed by atoms with Gasteiger partial charge in [-0.15, -0.1) is 11.3 Å². The molecule has 2 unspecified atom stereocenters. The lowest BCUT2D eigenvalue weighted by Crippen LogP contribution is -2.19. The van der Waals surface area contributed by atoms with E-state index < -0.39 is 6.10 Å². The van der Waals surface area contributed by atoms with Crippen molar-refractivity contribution in [1.82, 2.24) is 0 Å². The first-order valence-electron chi connectivity index (χ1n) is 6.75. The molecule has 1 aromatic carbocycles. The van der Waals surface area contributed by atoms with E-state index in [1.54, 1.807) is 11.3 Å². The Morgan fingerprint density at radius 2 is 1.75 bits per heavy atom. The fraction of sp³-hybridized carbons (Fsp3) is 0.375. The van der Waals surface area contributed by atoms with E-state index in [2.05, 4.69) is 54.0 Å². The third-order valence-corrected chi connectivity index (χ3v) is 5.52. The molecule has 0 saturated heterocycles. The van der Waals surface area contributed by atoms with Crippen molar-refractivity contribution < 1.29 is 5.11 Å². The number of halogens is 1. The second-order valence-electron chi connectivity index (χ2n) is 5.24. The highest BCUT2D eigenvalue weighted by atomic mass is 79.9. The largest absolute Gasteiger partial charge is 0.387 e. The Balaban J connectivity index is 2.26. The van der Waals surface area contributed by atoms with Crippen LogP contribution in [0, 0.1) is 0 Å². The molecule has 108 valence electrons. The first-order chi connectivity index (χ1) is 9.54. The molecule has 2 nitrogen and oxygen atoms in total. The normalized spacial score (nSPS) is 14.5. The van der Waals surface area contributed by atoms with Crippen molar-refractivity contribution in [3.8, 4) is 0 Å². The van der Waals surface area contributed by atoms with E-state index in [1.165, 1.54) is 5.56 Å². The minimum absolute atomic E-state index is 0.0776. The molecule has 2 aromatic rings. The topological polar surface area (TPSA) is 46.2 Å². The lowest BCUT2D eigenvalue weighted by molar-refractivity contribution is 0.150. The zero-order valence-electron chi connectivity index (χ0n) is 11.7. The third kappa shape index (κ3) is 3.31. The van der Waals surface area contributed by atoms with Gasteiger partial charge in [-0.3, -0.25) is 0 Å². The van der Waals surface area contributed by atoms with Gasteiger partial charge in [-0.25, -0.2) is 0 Å². The van der Waals surface area contributed by atoms with Crippen LogP contribution in [0.2, 0.25) is 0 Å². The average Bonchev–Trinajstić information content (AvgIpc) is 2.86. The highest BCUT2D eigenvalue weighted by Gasteiger charge is 2.24. The Bertz CT molecular complexity index is 550. The van der Waals surface area contributed by atoms with Gasteiger partial charge in [0.15, 0.2) is 0 Å². The van der Waals surface area contributed by atoms with Crippen molar-refractivity contribution >= 4 is 27.3 Å². The lowest BCUT2D eigenvalue weighted by atomic mass is 9.90. The molecule has 0 saturated carbocycles. The first kappa shape index (κ1) is 15.7. The van der Waals surface area contributed by atoms with Crippen molar-refractivity contribution in [2.24, 2.45) is 5.73 Å². The monoisotopic (exact) mass is 353 g/mol. The Morgan fingerprint density at radius 1 is 1.15 bits per heavy atom. The number of nitrogens with two attached hydrogens (primary N) is 1. The van der Waals surface area contributed by atoms with E-state index in [0.29, 0.717) is 12.5 Å². The average molecular weight is 354 g/mol. The van der Waals surface area contributed by atoms with Crippen LogP contribution in [0.15, 0.2) is 40.2 Å². The van der Waals surface area contributed by atoms with Gasteiger partial charge in [-0.1, -0.05) is 38.1 Å². The molecule has 20 heavy (non-hydrogen) atoms. The zero-order chi connectivity index (χ0) is 14.7. The van der Waals surface area contributed by atoms with Crippen LogP contribution in [-0.4, -0.2) is 11.7 Å². The molecule has 0 bridgehead atoms.